The molecule has 3 heterocycles. The molecule has 1 fully saturated rings. The molecule has 3 rings (SSSR count). The number of carbonyl (C=O) groups is 3. The maximum Gasteiger partial charge on any atom is 0.414 e. The molecular formula is C19H22ClN3O6S3. The van der Waals surface area contributed by atoms with Crippen LogP contribution in [0.1, 0.15) is 40.6 Å². The average molecular weight is 520 g/mol. The van der Waals surface area contributed by atoms with Gasteiger partial charge in [0.15, 0.2) is 0 Å². The van der Waals surface area contributed by atoms with Gasteiger partial charge in [-0.3, -0.25) is 14.9 Å². The van der Waals surface area contributed by atoms with Gasteiger partial charge >= 0.3 is 6.09 Å². The van der Waals surface area contributed by atoms with Crippen molar-refractivity contribution in [2.75, 3.05) is 18.5 Å². The number of thiophene rings is 2. The number of sulfonamides is 1. The summed E-state index contributed by atoms with van der Waals surface area (Å²) in [5.41, 5.74) is 0.752. The van der Waals surface area contributed by atoms with E-state index < -0.39 is 34.0 Å². The summed E-state index contributed by atoms with van der Waals surface area (Å²) >= 11 is 7.99. The first-order valence-corrected chi connectivity index (χ1v) is 13.2. The van der Waals surface area contributed by atoms with E-state index in [4.69, 9.17) is 16.3 Å². The number of anilines is 1. The maximum absolute atomic E-state index is 13.1. The summed E-state index contributed by atoms with van der Waals surface area (Å²) in [7, 11) is -3.89. The Morgan fingerprint density at radius 1 is 1.25 bits per heavy atom. The molecule has 9 nitrogen and oxygen atoms in total. The van der Waals surface area contributed by atoms with Gasteiger partial charge < -0.3 is 10.1 Å². The number of alkyl carbamates (subject to hydrolysis) is 1. The van der Waals surface area contributed by atoms with Crippen molar-refractivity contribution in [3.63, 3.8) is 0 Å². The third-order valence-electron chi connectivity index (χ3n) is 4.96. The molecule has 0 aromatic carbocycles. The molecule has 1 aliphatic heterocycles. The molecule has 1 unspecified atom stereocenters. The smallest absolute Gasteiger partial charge is 0.414 e. The van der Waals surface area contributed by atoms with Gasteiger partial charge in [-0.1, -0.05) is 11.6 Å². The van der Waals surface area contributed by atoms with E-state index in [-0.39, 0.29) is 27.9 Å². The molecule has 1 aliphatic rings. The molecule has 2 aromatic rings. The average Bonchev–Trinajstić information content (AvgIpc) is 3.42. The van der Waals surface area contributed by atoms with Gasteiger partial charge in [-0.25, -0.2) is 13.2 Å². The Hall–Kier alpha value is -1.99. The largest absolute Gasteiger partial charge is 0.450 e. The van der Waals surface area contributed by atoms with Crippen LogP contribution in [-0.2, 0) is 19.6 Å². The number of aryl methyl sites for hydroxylation is 1. The number of imide groups is 1. The second-order valence-corrected chi connectivity index (χ2v) is 12.0. The van der Waals surface area contributed by atoms with E-state index in [2.05, 4.69) is 10.6 Å². The fourth-order valence-corrected chi connectivity index (χ4v) is 7.68. The lowest BCUT2D eigenvalue weighted by atomic mass is 10.1. The molecular weight excluding hydrogens is 498 g/mol. The Kier molecular flexibility index (Phi) is 7.61. The monoisotopic (exact) mass is 519 g/mol. The summed E-state index contributed by atoms with van der Waals surface area (Å²) in [6.07, 6.45) is -0.0202. The van der Waals surface area contributed by atoms with Crippen molar-refractivity contribution < 1.29 is 27.5 Å². The van der Waals surface area contributed by atoms with Crippen molar-refractivity contribution in [3.8, 4) is 0 Å². The van der Waals surface area contributed by atoms with Crippen LogP contribution in [0.4, 0.5) is 9.80 Å². The third-order valence-corrected chi connectivity index (χ3v) is 9.69. The minimum Gasteiger partial charge on any atom is -0.450 e. The van der Waals surface area contributed by atoms with E-state index in [1.165, 1.54) is 23.5 Å². The number of nitrogens with zero attached hydrogens (tertiary/aromatic N) is 1. The minimum absolute atomic E-state index is 0.0690. The van der Waals surface area contributed by atoms with Gasteiger partial charge in [0.05, 0.1) is 16.5 Å². The fourth-order valence-electron chi connectivity index (χ4n) is 3.35. The van der Waals surface area contributed by atoms with E-state index in [0.29, 0.717) is 22.7 Å². The van der Waals surface area contributed by atoms with Crippen LogP contribution in [0.25, 0.3) is 0 Å². The summed E-state index contributed by atoms with van der Waals surface area (Å²) in [6, 6.07) is 1.99. The number of hydrogen-bond acceptors (Lipinski definition) is 8. The molecule has 32 heavy (non-hydrogen) atoms. The zero-order valence-corrected chi connectivity index (χ0v) is 20.8. The van der Waals surface area contributed by atoms with Gasteiger partial charge in [0, 0.05) is 11.4 Å². The maximum atomic E-state index is 13.1. The molecule has 13 heteroatoms. The second kappa shape index (κ2) is 9.87. The van der Waals surface area contributed by atoms with Crippen LogP contribution in [0.3, 0.4) is 0 Å². The first-order chi connectivity index (χ1) is 15.1. The van der Waals surface area contributed by atoms with Crippen LogP contribution >= 0.6 is 34.3 Å². The van der Waals surface area contributed by atoms with Crippen molar-refractivity contribution in [1.29, 1.82) is 0 Å². The van der Waals surface area contributed by atoms with Gasteiger partial charge in [-0.2, -0.15) is 4.31 Å². The summed E-state index contributed by atoms with van der Waals surface area (Å²) in [5.74, 6) is -1.25. The highest BCUT2D eigenvalue weighted by Gasteiger charge is 2.40. The number of hydrogen-bond donors (Lipinski definition) is 2. The number of amides is 3. The Labute approximate surface area is 198 Å². The highest BCUT2D eigenvalue weighted by molar-refractivity contribution is 7.91. The summed E-state index contributed by atoms with van der Waals surface area (Å²) in [6.45, 7) is 5.40. The van der Waals surface area contributed by atoms with E-state index in [9.17, 15) is 22.8 Å². The zero-order valence-electron chi connectivity index (χ0n) is 17.6. The molecule has 1 saturated heterocycles. The van der Waals surface area contributed by atoms with Gasteiger partial charge in [0.1, 0.15) is 15.3 Å². The van der Waals surface area contributed by atoms with E-state index in [1.54, 1.807) is 20.8 Å². The van der Waals surface area contributed by atoms with Crippen molar-refractivity contribution in [2.24, 2.45) is 0 Å². The van der Waals surface area contributed by atoms with Crippen molar-refractivity contribution >= 4 is 67.2 Å². The Bertz CT molecular complexity index is 1160. The zero-order chi connectivity index (χ0) is 23.6. The van der Waals surface area contributed by atoms with Crippen LogP contribution in [0, 0.1) is 13.8 Å². The number of halogens is 1. The van der Waals surface area contributed by atoms with E-state index in [1.807, 2.05) is 0 Å². The molecule has 174 valence electrons. The molecule has 2 aromatic heterocycles. The van der Waals surface area contributed by atoms with Crippen LogP contribution in [0.5, 0.6) is 0 Å². The van der Waals surface area contributed by atoms with Gasteiger partial charge in [-0.05, 0) is 51.3 Å². The Morgan fingerprint density at radius 2 is 1.97 bits per heavy atom. The number of nitrogens with one attached hydrogen (secondary N) is 2. The standard InChI is InChI=1S/C19H22ClN3O6S3/c1-4-29-19(26)22-17(25)15-10(2)11(3)30-18(15)21-16(24)12-6-5-9-23(12)32(27,28)14-8-7-13(20)31-14/h7-8,12H,4-6,9H2,1-3H3,(H,21,24)(H,22,25,26). The third kappa shape index (κ3) is 4.99. The van der Waals surface area contributed by atoms with Crippen molar-refractivity contribution in [1.82, 2.24) is 9.62 Å². The quantitative estimate of drug-likeness (QED) is 0.599. The lowest BCUT2D eigenvalue weighted by Gasteiger charge is -2.22. The van der Waals surface area contributed by atoms with Gasteiger partial charge in [-0.15, -0.1) is 22.7 Å². The molecule has 0 aliphatic carbocycles. The van der Waals surface area contributed by atoms with Gasteiger partial charge in [0.25, 0.3) is 15.9 Å². The molecule has 0 saturated carbocycles. The molecule has 1 atom stereocenters. The second-order valence-electron chi connectivity index (χ2n) is 6.98. The number of ether oxygens (including phenoxy) is 1. The summed E-state index contributed by atoms with van der Waals surface area (Å²) in [4.78, 5) is 38.1. The summed E-state index contributed by atoms with van der Waals surface area (Å²) < 4.78 is 32.3. The minimum atomic E-state index is -3.89. The van der Waals surface area contributed by atoms with Crippen molar-refractivity contribution in [2.45, 2.75) is 43.9 Å². The molecule has 2 N–H and O–H groups in total. The Morgan fingerprint density at radius 3 is 2.59 bits per heavy atom. The first kappa shape index (κ1) is 24.6. The van der Waals surface area contributed by atoms with Crippen LogP contribution in [-0.4, -0.2) is 49.8 Å². The van der Waals surface area contributed by atoms with E-state index >= 15 is 0 Å². The van der Waals surface area contributed by atoms with Crippen LogP contribution < -0.4 is 10.6 Å². The highest BCUT2D eigenvalue weighted by Crippen LogP contribution is 2.35. The number of rotatable bonds is 6. The highest BCUT2D eigenvalue weighted by atomic mass is 35.5. The lowest BCUT2D eigenvalue weighted by molar-refractivity contribution is -0.119. The van der Waals surface area contributed by atoms with Crippen LogP contribution in [0.15, 0.2) is 16.3 Å². The fraction of sp³-hybridized carbons (Fsp3) is 0.421. The predicted octanol–water partition coefficient (Wildman–Crippen LogP) is 3.76. The van der Waals surface area contributed by atoms with Crippen LogP contribution in [0.2, 0.25) is 4.34 Å². The predicted molar refractivity (Wildman–Crippen MR) is 123 cm³/mol. The van der Waals surface area contributed by atoms with Gasteiger partial charge in [0.2, 0.25) is 5.91 Å². The van der Waals surface area contributed by atoms with Crippen molar-refractivity contribution in [3.05, 3.63) is 32.5 Å². The van der Waals surface area contributed by atoms with E-state index in [0.717, 1.165) is 20.5 Å². The Balaban J connectivity index is 1.83. The SMILES string of the molecule is CCOC(=O)NC(=O)c1c(NC(=O)C2CCCN2S(=O)(=O)c2ccc(Cl)s2)sc(C)c1C. The molecule has 0 spiro atoms. The molecule has 0 radical (unpaired) electrons. The number of carbonyl (C=O) groups excluding carboxylic acids is 3. The normalized spacial score (nSPS) is 16.7. The molecule has 0 bridgehead atoms. The topological polar surface area (TPSA) is 122 Å². The summed E-state index contributed by atoms with van der Waals surface area (Å²) in [5, 5.41) is 5.07. The lowest BCUT2D eigenvalue weighted by Crippen LogP contribution is -2.43. The molecule has 3 amide bonds. The first-order valence-electron chi connectivity index (χ1n) is 9.72.